The summed E-state index contributed by atoms with van der Waals surface area (Å²) >= 11 is 5.59. The highest BCUT2D eigenvalue weighted by Crippen LogP contribution is 2.60. The molecule has 2 amide bonds. The summed E-state index contributed by atoms with van der Waals surface area (Å²) in [4.78, 5) is 24.2. The number of hydrogen-bond acceptors (Lipinski definition) is 5. The lowest BCUT2D eigenvalue weighted by Crippen LogP contribution is -2.84. The molecule has 0 radical (unpaired) electrons. The molecule has 1 aromatic rings. The van der Waals surface area contributed by atoms with Crippen molar-refractivity contribution in [1.29, 1.82) is 0 Å². The minimum Gasteiger partial charge on any atom is -0.484 e. The highest BCUT2D eigenvalue weighted by atomic mass is 35.5. The molecule has 2 bridgehead atoms. The molecule has 0 aromatic heterocycles. The first-order valence-corrected chi connectivity index (χ1v) is 10.4. The molecule has 176 valence electrons. The largest absolute Gasteiger partial charge is 0.522 e. The third-order valence-electron chi connectivity index (χ3n) is 5.90. The molecule has 7 nitrogen and oxygen atoms in total. The van der Waals surface area contributed by atoms with Gasteiger partial charge in [0.15, 0.2) is 6.61 Å². The Morgan fingerprint density at radius 1 is 1.03 bits per heavy atom. The van der Waals surface area contributed by atoms with Crippen LogP contribution in [0.4, 0.5) is 17.6 Å². The first-order valence-electron chi connectivity index (χ1n) is 10.0. The van der Waals surface area contributed by atoms with Crippen LogP contribution in [-0.2, 0) is 19.1 Å². The number of benzene rings is 1. The highest BCUT2D eigenvalue weighted by Gasteiger charge is 2.69. The van der Waals surface area contributed by atoms with Gasteiger partial charge in [0.1, 0.15) is 18.2 Å². The molecule has 0 atom stereocenters. The number of halogens is 5. The molecule has 1 aromatic carbocycles. The second kappa shape index (κ2) is 8.35. The van der Waals surface area contributed by atoms with Crippen LogP contribution in [0.25, 0.3) is 0 Å². The van der Waals surface area contributed by atoms with Gasteiger partial charge in [-0.15, -0.1) is 13.2 Å². The van der Waals surface area contributed by atoms with E-state index in [0.29, 0.717) is 19.3 Å². The van der Waals surface area contributed by atoms with E-state index in [-0.39, 0.29) is 48.6 Å². The van der Waals surface area contributed by atoms with Gasteiger partial charge in [0.2, 0.25) is 5.91 Å². The molecule has 12 heteroatoms. The Hall–Kier alpha value is -2.11. The van der Waals surface area contributed by atoms with Crippen LogP contribution in [0.5, 0.6) is 5.75 Å². The highest BCUT2D eigenvalue weighted by molar-refractivity contribution is 6.30. The van der Waals surface area contributed by atoms with Gasteiger partial charge in [0, 0.05) is 30.0 Å². The standard InChI is InChI=1S/C20H21ClF4N2O5/c21-14-2-1-11(5-15(14)22)30-6-16(28)26-18-8-19(9-18,10-18)27-17(29)7-31-12-3-13(4-12)32-20(23,24)25/h1-2,5,12-13H,3-4,6-10H2,(H,26,28)(H,27,29)/t12-,13+,18?,19?. The van der Waals surface area contributed by atoms with Gasteiger partial charge in [-0.2, -0.15) is 0 Å². The summed E-state index contributed by atoms with van der Waals surface area (Å²) in [6, 6.07) is 3.89. The molecule has 4 aliphatic carbocycles. The maximum Gasteiger partial charge on any atom is 0.522 e. The molecule has 0 spiro atoms. The van der Waals surface area contributed by atoms with Crippen LogP contribution >= 0.6 is 11.6 Å². The first kappa shape index (κ1) is 23.1. The van der Waals surface area contributed by atoms with Crippen LogP contribution in [0.2, 0.25) is 5.02 Å². The average molecular weight is 481 g/mol. The van der Waals surface area contributed by atoms with Gasteiger partial charge in [-0.05, 0) is 31.4 Å². The second-order valence-corrected chi connectivity index (χ2v) is 9.05. The topological polar surface area (TPSA) is 85.9 Å². The maximum atomic E-state index is 13.4. The molecule has 0 unspecified atom stereocenters. The van der Waals surface area contributed by atoms with Crippen molar-refractivity contribution in [2.24, 2.45) is 0 Å². The Bertz CT molecular complexity index is 887. The van der Waals surface area contributed by atoms with Crippen molar-refractivity contribution in [2.45, 2.75) is 61.8 Å². The van der Waals surface area contributed by atoms with Gasteiger partial charge in [0.05, 0.1) is 17.2 Å². The smallest absolute Gasteiger partial charge is 0.484 e. The third-order valence-corrected chi connectivity index (χ3v) is 6.21. The number of amides is 2. The van der Waals surface area contributed by atoms with Crippen molar-refractivity contribution in [2.75, 3.05) is 13.2 Å². The minimum atomic E-state index is -4.66. The number of alkyl halides is 3. The molecular weight excluding hydrogens is 460 g/mol. The lowest BCUT2D eigenvalue weighted by molar-refractivity contribution is -0.357. The summed E-state index contributed by atoms with van der Waals surface area (Å²) < 4.78 is 64.1. The van der Waals surface area contributed by atoms with E-state index in [9.17, 15) is 27.2 Å². The van der Waals surface area contributed by atoms with Crippen LogP contribution in [-0.4, -0.2) is 54.7 Å². The Morgan fingerprint density at radius 3 is 2.19 bits per heavy atom. The summed E-state index contributed by atoms with van der Waals surface area (Å²) in [5, 5.41) is 5.70. The molecule has 2 N–H and O–H groups in total. The van der Waals surface area contributed by atoms with Crippen LogP contribution in [0.3, 0.4) is 0 Å². The Kier molecular flexibility index (Phi) is 6.01. The average Bonchev–Trinajstić information content (AvgIpc) is 2.60. The van der Waals surface area contributed by atoms with Crippen molar-refractivity contribution >= 4 is 23.4 Å². The summed E-state index contributed by atoms with van der Waals surface area (Å²) in [5.41, 5.74) is -0.786. The van der Waals surface area contributed by atoms with E-state index >= 15 is 0 Å². The van der Waals surface area contributed by atoms with Gasteiger partial charge in [-0.1, -0.05) is 11.6 Å². The van der Waals surface area contributed by atoms with Crippen molar-refractivity contribution in [3.63, 3.8) is 0 Å². The molecular formula is C20H21ClF4N2O5. The van der Waals surface area contributed by atoms with E-state index in [1.54, 1.807) is 0 Å². The number of nitrogens with one attached hydrogen (secondary N) is 2. The number of rotatable bonds is 9. The SMILES string of the molecule is O=C(COc1ccc(Cl)c(F)c1)NC12CC(NC(=O)CO[C@H]3C[C@@H](OC(F)(F)F)C3)(C1)C2. The zero-order valence-electron chi connectivity index (χ0n) is 16.8. The van der Waals surface area contributed by atoms with Crippen molar-refractivity contribution in [3.05, 3.63) is 29.0 Å². The second-order valence-electron chi connectivity index (χ2n) is 8.64. The molecule has 32 heavy (non-hydrogen) atoms. The normalized spacial score (nSPS) is 30.4. The monoisotopic (exact) mass is 480 g/mol. The van der Waals surface area contributed by atoms with Crippen LogP contribution in [0.1, 0.15) is 32.1 Å². The Morgan fingerprint density at radius 2 is 1.62 bits per heavy atom. The van der Waals surface area contributed by atoms with Crippen molar-refractivity contribution < 1.29 is 41.4 Å². The Balaban J connectivity index is 1.10. The van der Waals surface area contributed by atoms with E-state index in [0.717, 1.165) is 6.07 Å². The van der Waals surface area contributed by atoms with Gasteiger partial charge >= 0.3 is 6.36 Å². The molecule has 0 heterocycles. The summed E-state index contributed by atoms with van der Waals surface area (Å²) in [6.45, 7) is -0.521. The van der Waals surface area contributed by atoms with Gasteiger partial charge < -0.3 is 20.1 Å². The van der Waals surface area contributed by atoms with E-state index in [1.807, 2.05) is 0 Å². The zero-order valence-corrected chi connectivity index (χ0v) is 17.5. The minimum absolute atomic E-state index is 0.0410. The van der Waals surface area contributed by atoms with Gasteiger partial charge in [-0.25, -0.2) is 4.39 Å². The Labute approximate surface area is 185 Å². The number of hydrogen-bond donors (Lipinski definition) is 2. The number of carbonyl (C=O) groups is 2. The maximum absolute atomic E-state index is 13.4. The fraction of sp³-hybridized carbons (Fsp3) is 0.600. The molecule has 5 rings (SSSR count). The van der Waals surface area contributed by atoms with E-state index < -0.39 is 35.5 Å². The molecule has 4 saturated carbocycles. The summed E-state index contributed by atoms with van der Waals surface area (Å²) in [5.74, 6) is -1.16. The van der Waals surface area contributed by atoms with Gasteiger partial charge in [-0.3, -0.25) is 14.3 Å². The van der Waals surface area contributed by atoms with Crippen LogP contribution in [0, 0.1) is 5.82 Å². The predicted octanol–water partition coefficient (Wildman–Crippen LogP) is 2.85. The van der Waals surface area contributed by atoms with Crippen molar-refractivity contribution in [3.8, 4) is 5.75 Å². The molecule has 0 saturated heterocycles. The summed E-state index contributed by atoms with van der Waals surface area (Å²) in [6.07, 6.45) is -4.13. The number of ether oxygens (including phenoxy) is 3. The molecule has 0 aliphatic heterocycles. The summed E-state index contributed by atoms with van der Waals surface area (Å²) in [7, 11) is 0. The predicted molar refractivity (Wildman–Crippen MR) is 102 cm³/mol. The zero-order chi connectivity index (χ0) is 23.1. The first-order chi connectivity index (χ1) is 14.9. The van der Waals surface area contributed by atoms with Crippen molar-refractivity contribution in [1.82, 2.24) is 10.6 Å². The van der Waals surface area contributed by atoms with E-state index in [1.165, 1.54) is 12.1 Å². The lowest BCUT2D eigenvalue weighted by atomic mass is 9.44. The van der Waals surface area contributed by atoms with E-state index in [4.69, 9.17) is 21.1 Å². The quantitative estimate of drug-likeness (QED) is 0.531. The number of carbonyl (C=O) groups excluding carboxylic acids is 2. The van der Waals surface area contributed by atoms with E-state index in [2.05, 4.69) is 15.4 Å². The van der Waals surface area contributed by atoms with Crippen LogP contribution < -0.4 is 15.4 Å². The fourth-order valence-corrected chi connectivity index (χ4v) is 4.68. The van der Waals surface area contributed by atoms with Gasteiger partial charge in [0.25, 0.3) is 5.91 Å². The lowest BCUT2D eigenvalue weighted by Gasteiger charge is -2.70. The molecule has 4 aliphatic rings. The molecule has 4 fully saturated rings. The third kappa shape index (κ3) is 5.26. The fourth-order valence-electron chi connectivity index (χ4n) is 4.56. The van der Waals surface area contributed by atoms with Crippen LogP contribution in [0.15, 0.2) is 18.2 Å².